The molecule has 0 heterocycles. The highest BCUT2D eigenvalue weighted by Crippen LogP contribution is 2.33. The molecular weight excluding hydrogens is 282 g/mol. The van der Waals surface area contributed by atoms with Gasteiger partial charge in [-0.1, -0.05) is 51.5 Å². The van der Waals surface area contributed by atoms with Gasteiger partial charge >= 0.3 is 0 Å². The van der Waals surface area contributed by atoms with Crippen LogP contribution in [0.1, 0.15) is 84.0 Å². The van der Waals surface area contributed by atoms with E-state index in [9.17, 15) is 0 Å². The van der Waals surface area contributed by atoms with Crippen molar-refractivity contribution in [2.24, 2.45) is 17.8 Å². The molecule has 2 heteroatoms. The van der Waals surface area contributed by atoms with Gasteiger partial charge in [-0.15, -0.1) is 0 Å². The highest BCUT2D eigenvalue weighted by molar-refractivity contribution is 5.04. The van der Waals surface area contributed by atoms with Crippen molar-refractivity contribution in [1.82, 2.24) is 0 Å². The smallest absolute Gasteiger partial charge is 0.0908 e. The third-order valence-electron chi connectivity index (χ3n) is 5.91. The van der Waals surface area contributed by atoms with Crippen molar-refractivity contribution in [3.8, 4) is 6.07 Å². The van der Waals surface area contributed by atoms with Gasteiger partial charge in [0, 0.05) is 12.7 Å². The largest absolute Gasteiger partial charge is 0.378 e. The minimum Gasteiger partial charge on any atom is -0.378 e. The van der Waals surface area contributed by atoms with Crippen molar-refractivity contribution < 1.29 is 4.74 Å². The third-order valence-corrected chi connectivity index (χ3v) is 5.91. The Labute approximate surface area is 143 Å². The lowest BCUT2D eigenvalue weighted by atomic mass is 9.80. The summed E-state index contributed by atoms with van der Waals surface area (Å²) in [5.41, 5.74) is 0. The summed E-state index contributed by atoms with van der Waals surface area (Å²) in [6.45, 7) is 3.28. The number of nitriles is 1. The van der Waals surface area contributed by atoms with Crippen LogP contribution in [-0.4, -0.2) is 12.7 Å². The average Bonchev–Trinajstić information content (AvgIpc) is 2.60. The molecule has 0 radical (unpaired) electrons. The van der Waals surface area contributed by atoms with Crippen molar-refractivity contribution in [3.63, 3.8) is 0 Å². The number of hydrogen-bond donors (Lipinski definition) is 0. The van der Waals surface area contributed by atoms with Gasteiger partial charge in [-0.25, -0.2) is 0 Å². The van der Waals surface area contributed by atoms with Crippen LogP contribution in [0.2, 0.25) is 0 Å². The Kier molecular flexibility index (Phi) is 8.76. The van der Waals surface area contributed by atoms with E-state index in [1.54, 1.807) is 6.08 Å². The van der Waals surface area contributed by atoms with Crippen LogP contribution in [0.5, 0.6) is 0 Å². The third kappa shape index (κ3) is 7.08. The molecule has 2 fully saturated rings. The maximum atomic E-state index is 8.59. The van der Waals surface area contributed by atoms with Gasteiger partial charge < -0.3 is 4.74 Å². The number of rotatable bonds is 8. The first-order valence-corrected chi connectivity index (χ1v) is 9.99. The van der Waals surface area contributed by atoms with E-state index < -0.39 is 0 Å². The first-order valence-electron chi connectivity index (χ1n) is 9.99. The summed E-state index contributed by atoms with van der Waals surface area (Å²) in [5, 5.41) is 8.59. The number of nitrogens with zero attached hydrogens (tertiary/aromatic N) is 1. The number of allylic oxidation sites excluding steroid dienone is 2. The molecule has 0 aromatic heterocycles. The van der Waals surface area contributed by atoms with Gasteiger partial charge in [0.1, 0.15) is 0 Å². The molecule has 0 aromatic carbocycles. The number of hydrogen-bond acceptors (Lipinski definition) is 2. The molecule has 2 saturated carbocycles. The number of ether oxygens (including phenoxy) is 1. The van der Waals surface area contributed by atoms with Crippen LogP contribution in [0, 0.1) is 29.1 Å². The van der Waals surface area contributed by atoms with Gasteiger partial charge in [-0.3, -0.25) is 0 Å². The summed E-state index contributed by atoms with van der Waals surface area (Å²) in [6, 6.07) is 2.10. The van der Waals surface area contributed by atoms with Crippen LogP contribution in [-0.2, 0) is 4.74 Å². The molecule has 0 spiro atoms. The number of unbranched alkanes of at least 4 members (excludes halogenated alkanes) is 2. The Morgan fingerprint density at radius 1 is 0.957 bits per heavy atom. The Morgan fingerprint density at radius 2 is 1.65 bits per heavy atom. The lowest BCUT2D eigenvalue weighted by Gasteiger charge is -2.31. The van der Waals surface area contributed by atoms with Gasteiger partial charge in [-0.2, -0.15) is 5.26 Å². The fraction of sp³-hybridized carbons (Fsp3) is 0.857. The molecule has 0 aliphatic heterocycles. The first-order chi connectivity index (χ1) is 11.3. The predicted molar refractivity (Wildman–Crippen MR) is 96.0 cm³/mol. The fourth-order valence-electron chi connectivity index (χ4n) is 4.27. The zero-order chi connectivity index (χ0) is 16.3. The molecule has 0 aromatic rings. The monoisotopic (exact) mass is 317 g/mol. The maximum absolute atomic E-state index is 8.59. The normalized spacial score (nSPS) is 32.0. The SMILES string of the molecule is CCCCC[C@H]1CC[C@H](CO[C@H]2CC[C@H](C=CC#N)CC2)CC1. The lowest BCUT2D eigenvalue weighted by molar-refractivity contribution is -0.00663. The van der Waals surface area contributed by atoms with Gasteiger partial charge in [0.2, 0.25) is 0 Å². The van der Waals surface area contributed by atoms with Crippen molar-refractivity contribution in [2.45, 2.75) is 90.1 Å². The summed E-state index contributed by atoms with van der Waals surface area (Å²) in [7, 11) is 0. The average molecular weight is 318 g/mol. The molecule has 2 aliphatic rings. The molecule has 130 valence electrons. The molecule has 0 bridgehead atoms. The second kappa shape index (κ2) is 10.9. The predicted octanol–water partition coefficient (Wildman–Crippen LogP) is 6.03. The lowest BCUT2D eigenvalue weighted by Crippen LogP contribution is -2.25. The van der Waals surface area contributed by atoms with Gasteiger partial charge in [-0.05, 0) is 56.3 Å². The van der Waals surface area contributed by atoms with E-state index in [4.69, 9.17) is 10.00 Å². The topological polar surface area (TPSA) is 33.0 Å². The summed E-state index contributed by atoms with van der Waals surface area (Å²) < 4.78 is 6.22. The standard InChI is InChI=1S/C21H35NO/c1-2-3-4-6-18-8-10-20(11-9-18)17-23-21-14-12-19(13-15-21)7-5-16-22/h5,7,18-21H,2-4,6,8-15,17H2,1H3/t18-,19-,20-,21-. The minimum atomic E-state index is 0.476. The van der Waals surface area contributed by atoms with Crippen molar-refractivity contribution >= 4 is 0 Å². The molecule has 0 saturated heterocycles. The molecule has 2 aliphatic carbocycles. The summed E-state index contributed by atoms with van der Waals surface area (Å²) in [5.74, 6) is 2.42. The molecule has 2 nitrogen and oxygen atoms in total. The van der Waals surface area contributed by atoms with Crippen molar-refractivity contribution in [1.29, 1.82) is 5.26 Å². The van der Waals surface area contributed by atoms with E-state index >= 15 is 0 Å². The van der Waals surface area contributed by atoms with Crippen LogP contribution in [0.25, 0.3) is 0 Å². The van der Waals surface area contributed by atoms with E-state index in [-0.39, 0.29) is 0 Å². The van der Waals surface area contributed by atoms with E-state index in [2.05, 4.69) is 19.1 Å². The molecule has 23 heavy (non-hydrogen) atoms. The van der Waals surface area contributed by atoms with E-state index in [1.165, 1.54) is 77.0 Å². The Balaban J connectivity index is 1.54. The maximum Gasteiger partial charge on any atom is 0.0908 e. The molecule has 2 rings (SSSR count). The molecule has 0 N–H and O–H groups in total. The Morgan fingerprint density at radius 3 is 2.30 bits per heavy atom. The zero-order valence-corrected chi connectivity index (χ0v) is 15.0. The first kappa shape index (κ1) is 18.5. The quantitative estimate of drug-likeness (QED) is 0.404. The summed E-state index contributed by atoms with van der Waals surface area (Å²) in [6.07, 6.45) is 20.2. The second-order valence-corrected chi connectivity index (χ2v) is 7.74. The van der Waals surface area contributed by atoms with E-state index in [0.29, 0.717) is 12.0 Å². The zero-order valence-electron chi connectivity index (χ0n) is 15.0. The molecule has 0 atom stereocenters. The van der Waals surface area contributed by atoms with E-state index in [1.807, 2.05) is 0 Å². The Bertz CT molecular complexity index is 368. The van der Waals surface area contributed by atoms with Crippen LogP contribution >= 0.6 is 0 Å². The fourth-order valence-corrected chi connectivity index (χ4v) is 4.27. The highest BCUT2D eigenvalue weighted by Gasteiger charge is 2.24. The van der Waals surface area contributed by atoms with Crippen LogP contribution in [0.4, 0.5) is 0 Å². The highest BCUT2D eigenvalue weighted by atomic mass is 16.5. The molecule has 0 unspecified atom stereocenters. The summed E-state index contributed by atoms with van der Waals surface area (Å²) >= 11 is 0. The summed E-state index contributed by atoms with van der Waals surface area (Å²) in [4.78, 5) is 0. The van der Waals surface area contributed by atoms with Crippen molar-refractivity contribution in [3.05, 3.63) is 12.2 Å². The van der Waals surface area contributed by atoms with Gasteiger partial charge in [0.05, 0.1) is 12.2 Å². The molecule has 0 amide bonds. The molecular formula is C21H35NO. The van der Waals surface area contributed by atoms with Crippen molar-refractivity contribution in [2.75, 3.05) is 6.61 Å². The van der Waals surface area contributed by atoms with Crippen LogP contribution in [0.15, 0.2) is 12.2 Å². The van der Waals surface area contributed by atoms with Crippen LogP contribution < -0.4 is 0 Å². The van der Waals surface area contributed by atoms with Crippen LogP contribution in [0.3, 0.4) is 0 Å². The van der Waals surface area contributed by atoms with E-state index in [0.717, 1.165) is 18.4 Å². The Hall–Kier alpha value is -0.810. The van der Waals surface area contributed by atoms with Gasteiger partial charge in [0.25, 0.3) is 0 Å². The minimum absolute atomic E-state index is 0.476. The second-order valence-electron chi connectivity index (χ2n) is 7.74. The van der Waals surface area contributed by atoms with Gasteiger partial charge in [0.15, 0.2) is 0 Å².